The Bertz CT molecular complexity index is 415. The molecule has 0 N–H and O–H groups in total. The summed E-state index contributed by atoms with van der Waals surface area (Å²) in [6.07, 6.45) is 4.75. The van der Waals surface area contributed by atoms with E-state index in [1.807, 2.05) is 0 Å². The van der Waals surface area contributed by atoms with Gasteiger partial charge in [0, 0.05) is 25.6 Å². The van der Waals surface area contributed by atoms with Gasteiger partial charge in [-0.3, -0.25) is 9.48 Å². The number of hydrogen-bond acceptors (Lipinski definition) is 3. The third kappa shape index (κ3) is 1.24. The zero-order chi connectivity index (χ0) is 9.26. The van der Waals surface area contributed by atoms with Crippen LogP contribution in [0.2, 0.25) is 0 Å². The van der Waals surface area contributed by atoms with E-state index in [0.717, 1.165) is 0 Å². The maximum atomic E-state index is 11.6. The number of nitrogens with zero attached hydrogens (tertiary/aromatic N) is 4. The maximum Gasteiger partial charge on any atom is 0.296 e. The van der Waals surface area contributed by atoms with Gasteiger partial charge in [0.25, 0.3) is 5.91 Å². The van der Waals surface area contributed by atoms with E-state index in [-0.39, 0.29) is 5.91 Å². The molecule has 0 saturated carbocycles. The first kappa shape index (κ1) is 7.72. The van der Waals surface area contributed by atoms with Crippen molar-refractivity contribution < 1.29 is 4.79 Å². The molecule has 13 heavy (non-hydrogen) atoms. The van der Waals surface area contributed by atoms with Gasteiger partial charge in [-0.15, -0.1) is 0 Å². The van der Waals surface area contributed by atoms with Crippen molar-refractivity contribution in [2.45, 2.75) is 0 Å². The molecule has 0 fully saturated rings. The minimum Gasteiger partial charge on any atom is -0.265 e. The summed E-state index contributed by atoms with van der Waals surface area (Å²) in [5.74, 6) is -0.176. The zero-order valence-electron chi connectivity index (χ0n) is 7.08. The van der Waals surface area contributed by atoms with E-state index in [9.17, 15) is 4.79 Å². The molecular formula is C8H8N4O. The van der Waals surface area contributed by atoms with Crippen molar-refractivity contribution >= 4 is 5.91 Å². The predicted molar refractivity (Wildman–Crippen MR) is 45.2 cm³/mol. The largest absolute Gasteiger partial charge is 0.296 e. The summed E-state index contributed by atoms with van der Waals surface area (Å²) >= 11 is 0. The van der Waals surface area contributed by atoms with E-state index >= 15 is 0 Å². The van der Waals surface area contributed by atoms with Gasteiger partial charge < -0.3 is 0 Å². The van der Waals surface area contributed by atoms with Crippen molar-refractivity contribution in [2.75, 3.05) is 0 Å². The van der Waals surface area contributed by atoms with E-state index in [1.54, 1.807) is 37.8 Å². The first-order chi connectivity index (χ1) is 6.29. The van der Waals surface area contributed by atoms with E-state index in [4.69, 9.17) is 0 Å². The fourth-order valence-corrected chi connectivity index (χ4v) is 1.09. The van der Waals surface area contributed by atoms with Gasteiger partial charge in [0.05, 0.1) is 0 Å². The smallest absolute Gasteiger partial charge is 0.265 e. The van der Waals surface area contributed by atoms with E-state index in [1.165, 1.54) is 9.36 Å². The molecule has 0 aliphatic carbocycles. The minimum absolute atomic E-state index is 0.176. The summed E-state index contributed by atoms with van der Waals surface area (Å²) in [6, 6.07) is 3.36. The van der Waals surface area contributed by atoms with Crippen molar-refractivity contribution in [3.63, 3.8) is 0 Å². The van der Waals surface area contributed by atoms with Crippen LogP contribution in [-0.4, -0.2) is 25.5 Å². The quantitative estimate of drug-likeness (QED) is 0.628. The van der Waals surface area contributed by atoms with Crippen LogP contribution in [0.5, 0.6) is 0 Å². The van der Waals surface area contributed by atoms with Crippen molar-refractivity contribution in [2.24, 2.45) is 7.05 Å². The van der Waals surface area contributed by atoms with E-state index in [0.29, 0.717) is 5.69 Å². The molecule has 66 valence electrons. The second-order valence-corrected chi connectivity index (χ2v) is 2.60. The summed E-state index contributed by atoms with van der Waals surface area (Å²) < 4.78 is 2.79. The van der Waals surface area contributed by atoms with Crippen molar-refractivity contribution in [3.05, 3.63) is 36.4 Å². The van der Waals surface area contributed by atoms with Crippen molar-refractivity contribution in [1.29, 1.82) is 0 Å². The lowest BCUT2D eigenvalue weighted by Crippen LogP contribution is -2.16. The topological polar surface area (TPSA) is 52.7 Å². The van der Waals surface area contributed by atoms with Crippen molar-refractivity contribution in [1.82, 2.24) is 19.6 Å². The Kier molecular flexibility index (Phi) is 1.70. The number of carbonyl (C=O) groups excluding carboxylic acids is 1. The fourth-order valence-electron chi connectivity index (χ4n) is 1.09. The molecule has 0 amide bonds. The fraction of sp³-hybridized carbons (Fsp3) is 0.125. The molecular weight excluding hydrogens is 168 g/mol. The molecule has 0 atom stereocenters. The molecule has 0 bridgehead atoms. The Balaban J connectivity index is 2.39. The normalized spacial score (nSPS) is 10.2. The molecule has 0 aliphatic rings. The highest BCUT2D eigenvalue weighted by molar-refractivity contribution is 5.93. The van der Waals surface area contributed by atoms with Crippen LogP contribution in [0.3, 0.4) is 0 Å². The van der Waals surface area contributed by atoms with Crippen LogP contribution >= 0.6 is 0 Å². The number of aryl methyl sites for hydroxylation is 1. The van der Waals surface area contributed by atoms with Gasteiger partial charge in [0.15, 0.2) is 0 Å². The summed E-state index contributed by atoms with van der Waals surface area (Å²) in [4.78, 5) is 11.6. The van der Waals surface area contributed by atoms with Gasteiger partial charge in [-0.25, -0.2) is 4.68 Å². The highest BCUT2D eigenvalue weighted by Crippen LogP contribution is 1.99. The minimum atomic E-state index is -0.176. The van der Waals surface area contributed by atoms with Crippen LogP contribution in [0, 0.1) is 0 Å². The monoisotopic (exact) mass is 176 g/mol. The molecule has 2 rings (SSSR count). The summed E-state index contributed by atoms with van der Waals surface area (Å²) in [5.41, 5.74) is 0.517. The van der Waals surface area contributed by atoms with Gasteiger partial charge in [-0.1, -0.05) is 0 Å². The molecule has 0 unspecified atom stereocenters. The second-order valence-electron chi connectivity index (χ2n) is 2.60. The van der Waals surface area contributed by atoms with Crippen LogP contribution in [0.15, 0.2) is 30.7 Å². The molecule has 0 spiro atoms. The Hall–Kier alpha value is -1.91. The standard InChI is InChI=1S/C8H8N4O/c1-11-7(3-5-9-11)8(13)12-6-2-4-10-12/h2-6H,1H3. The summed E-state index contributed by atoms with van der Waals surface area (Å²) in [6.45, 7) is 0. The molecule has 0 radical (unpaired) electrons. The number of aromatic nitrogens is 4. The van der Waals surface area contributed by atoms with Gasteiger partial charge >= 0.3 is 0 Å². The van der Waals surface area contributed by atoms with Gasteiger partial charge in [0.1, 0.15) is 5.69 Å². The maximum absolute atomic E-state index is 11.6. The van der Waals surface area contributed by atoms with Crippen LogP contribution in [-0.2, 0) is 7.05 Å². The molecule has 5 heteroatoms. The average molecular weight is 176 g/mol. The average Bonchev–Trinajstić information content (AvgIpc) is 2.72. The van der Waals surface area contributed by atoms with E-state index in [2.05, 4.69) is 10.2 Å². The molecule has 0 aliphatic heterocycles. The molecule has 2 heterocycles. The van der Waals surface area contributed by atoms with Crippen LogP contribution in [0.1, 0.15) is 10.5 Å². The lowest BCUT2D eigenvalue weighted by Gasteiger charge is -1.99. The highest BCUT2D eigenvalue weighted by Gasteiger charge is 2.11. The number of rotatable bonds is 1. The predicted octanol–water partition coefficient (Wildman–Crippen LogP) is 0.305. The van der Waals surface area contributed by atoms with Crippen LogP contribution in [0.25, 0.3) is 0 Å². The van der Waals surface area contributed by atoms with E-state index < -0.39 is 0 Å². The number of hydrogen-bond donors (Lipinski definition) is 0. The third-order valence-electron chi connectivity index (χ3n) is 1.75. The lowest BCUT2D eigenvalue weighted by molar-refractivity contribution is 0.0935. The molecule has 2 aromatic heterocycles. The molecule has 5 nitrogen and oxygen atoms in total. The zero-order valence-corrected chi connectivity index (χ0v) is 7.08. The molecule has 0 saturated heterocycles. The lowest BCUT2D eigenvalue weighted by atomic mass is 10.4. The SMILES string of the molecule is Cn1nccc1C(=O)n1cccn1. The Morgan fingerprint density at radius 3 is 2.77 bits per heavy atom. The van der Waals surface area contributed by atoms with Crippen LogP contribution < -0.4 is 0 Å². The Labute approximate surface area is 74.6 Å². The third-order valence-corrected chi connectivity index (χ3v) is 1.75. The summed E-state index contributed by atoms with van der Waals surface area (Å²) in [7, 11) is 1.72. The van der Waals surface area contributed by atoms with Gasteiger partial charge in [-0.2, -0.15) is 10.2 Å². The highest BCUT2D eigenvalue weighted by atomic mass is 16.2. The van der Waals surface area contributed by atoms with Gasteiger partial charge in [-0.05, 0) is 12.1 Å². The molecule has 2 aromatic rings. The summed E-state index contributed by atoms with van der Waals surface area (Å²) in [5, 5.41) is 7.74. The first-order valence-electron chi connectivity index (χ1n) is 3.81. The van der Waals surface area contributed by atoms with Crippen LogP contribution in [0.4, 0.5) is 0 Å². The number of carbonyl (C=O) groups is 1. The first-order valence-corrected chi connectivity index (χ1v) is 3.81. The Morgan fingerprint density at radius 1 is 1.38 bits per heavy atom. The Morgan fingerprint density at radius 2 is 2.23 bits per heavy atom. The van der Waals surface area contributed by atoms with Crippen molar-refractivity contribution in [3.8, 4) is 0 Å². The van der Waals surface area contributed by atoms with Gasteiger partial charge in [0.2, 0.25) is 0 Å². The molecule has 0 aromatic carbocycles. The second kappa shape index (κ2) is 2.85.